The van der Waals surface area contributed by atoms with Gasteiger partial charge in [0.05, 0.1) is 58.5 Å². The summed E-state index contributed by atoms with van der Waals surface area (Å²) in [6.45, 7) is 5.05. The molecule has 0 atom stereocenters. The Hall–Kier alpha value is -4.53. The molecule has 0 aliphatic rings. The third-order valence-corrected chi connectivity index (χ3v) is 8.48. The molecule has 45 heavy (non-hydrogen) atoms. The van der Waals surface area contributed by atoms with Crippen molar-refractivity contribution in [2.45, 2.75) is 6.42 Å². The van der Waals surface area contributed by atoms with Gasteiger partial charge in [-0.05, 0) is 37.9 Å². The Labute approximate surface area is 268 Å². The molecular weight excluding hydrogens is 618 g/mol. The molecule has 4 rings (SSSR count). The maximum atomic E-state index is 12.6. The summed E-state index contributed by atoms with van der Waals surface area (Å²) in [5.41, 5.74) is 4.20. The Morgan fingerprint density at radius 2 is 1.80 bits per heavy atom. The summed E-state index contributed by atoms with van der Waals surface area (Å²) >= 11 is 6.55. The Bertz CT molecular complexity index is 1840. The van der Waals surface area contributed by atoms with Gasteiger partial charge in [0.25, 0.3) is 0 Å². The van der Waals surface area contributed by atoms with Gasteiger partial charge < -0.3 is 25.2 Å². The second-order valence-electron chi connectivity index (χ2n) is 10.5. The molecule has 0 fully saturated rings. The summed E-state index contributed by atoms with van der Waals surface area (Å²) in [5, 5.41) is 6.33. The van der Waals surface area contributed by atoms with Crippen molar-refractivity contribution in [1.29, 1.82) is 0 Å². The van der Waals surface area contributed by atoms with Gasteiger partial charge in [0, 0.05) is 52.1 Å². The summed E-state index contributed by atoms with van der Waals surface area (Å²) in [6, 6.07) is 7.10. The summed E-state index contributed by atoms with van der Waals surface area (Å²) in [5.74, 6) is 0.331. The molecule has 0 aliphatic carbocycles. The van der Waals surface area contributed by atoms with Crippen LogP contribution in [0.15, 0.2) is 55.5 Å². The van der Waals surface area contributed by atoms with Crippen LogP contribution in [0.3, 0.4) is 0 Å². The SMILES string of the molecule is C=CC(=O)Nc1cc(Nc2ncc(Cl)c(Cc3ccc4nccnc4c3N(C)S(C)(=O)=O)n2)c(OC)cc1N(C)CCN(C)C. The van der Waals surface area contributed by atoms with Gasteiger partial charge in [0.2, 0.25) is 21.9 Å². The lowest BCUT2D eigenvalue weighted by Gasteiger charge is -2.26. The monoisotopic (exact) mass is 653 g/mol. The number of nitrogens with zero attached hydrogens (tertiary/aromatic N) is 7. The summed E-state index contributed by atoms with van der Waals surface area (Å²) in [7, 11) is 5.28. The summed E-state index contributed by atoms with van der Waals surface area (Å²) in [4.78, 5) is 34.1. The zero-order chi connectivity index (χ0) is 32.9. The van der Waals surface area contributed by atoms with Gasteiger partial charge in [0.1, 0.15) is 11.3 Å². The summed E-state index contributed by atoms with van der Waals surface area (Å²) < 4.78 is 32.0. The van der Waals surface area contributed by atoms with Crippen LogP contribution in [0.1, 0.15) is 11.3 Å². The fourth-order valence-electron chi connectivity index (χ4n) is 4.52. The van der Waals surface area contributed by atoms with Crippen molar-refractivity contribution in [2.24, 2.45) is 0 Å². The zero-order valence-corrected chi connectivity index (χ0v) is 27.6. The number of aromatic nitrogens is 4. The standard InChI is InChI=1S/C30H36ClN9O4S/c1-8-27(41)35-23-16-24(26(44-6)17-25(23)39(4)14-13-38(2)3)37-30-34-18-20(31)22(36-30)15-19-9-10-21-28(33-12-11-32-21)29(19)40(5)45(7,42)43/h8-12,16-18H,1,13-15H2,2-7H3,(H,35,41)(H,34,36,37). The number of sulfonamides is 1. The topological polar surface area (TPSA) is 146 Å². The normalized spacial score (nSPS) is 11.4. The van der Waals surface area contributed by atoms with E-state index >= 15 is 0 Å². The van der Waals surface area contributed by atoms with Crippen LogP contribution in [-0.2, 0) is 21.2 Å². The Balaban J connectivity index is 1.74. The number of ether oxygens (including phenoxy) is 1. The number of hydrogen-bond donors (Lipinski definition) is 2. The van der Waals surface area contributed by atoms with Crippen molar-refractivity contribution >= 4 is 67.3 Å². The molecule has 0 saturated heterocycles. The highest BCUT2D eigenvalue weighted by Gasteiger charge is 2.22. The number of halogens is 1. The fraction of sp³-hybridized carbons (Fsp3) is 0.300. The van der Waals surface area contributed by atoms with Crippen LogP contribution >= 0.6 is 11.6 Å². The minimum atomic E-state index is -3.63. The molecular formula is C30H36ClN9O4S. The average molecular weight is 654 g/mol. The molecule has 0 saturated carbocycles. The van der Waals surface area contributed by atoms with E-state index in [1.165, 1.54) is 29.8 Å². The van der Waals surface area contributed by atoms with Crippen LogP contribution in [0.4, 0.5) is 28.7 Å². The molecule has 13 nitrogen and oxygen atoms in total. The molecule has 2 N–H and O–H groups in total. The number of fused-ring (bicyclic) bond motifs is 1. The molecule has 0 radical (unpaired) electrons. The van der Waals surface area contributed by atoms with Crippen molar-refractivity contribution in [2.75, 3.05) is 74.5 Å². The lowest BCUT2D eigenvalue weighted by Crippen LogP contribution is -2.29. The van der Waals surface area contributed by atoms with Gasteiger partial charge in [-0.1, -0.05) is 24.2 Å². The number of carbonyl (C=O) groups excluding carboxylic acids is 1. The molecule has 238 valence electrons. The first-order chi connectivity index (χ1) is 21.3. The van der Waals surface area contributed by atoms with E-state index < -0.39 is 10.0 Å². The van der Waals surface area contributed by atoms with Crippen LogP contribution in [0.5, 0.6) is 5.75 Å². The van der Waals surface area contributed by atoms with Gasteiger partial charge in [-0.25, -0.2) is 18.4 Å². The Kier molecular flexibility index (Phi) is 10.4. The van der Waals surface area contributed by atoms with Crippen LogP contribution in [0.2, 0.25) is 5.02 Å². The van der Waals surface area contributed by atoms with Gasteiger partial charge in [-0.3, -0.25) is 19.1 Å². The number of amides is 1. The lowest BCUT2D eigenvalue weighted by atomic mass is 10.1. The largest absolute Gasteiger partial charge is 0.494 e. The first-order valence-corrected chi connectivity index (χ1v) is 16.0. The predicted molar refractivity (Wildman–Crippen MR) is 180 cm³/mol. The smallest absolute Gasteiger partial charge is 0.247 e. The molecule has 0 unspecified atom stereocenters. The molecule has 4 aromatic rings. The van der Waals surface area contributed by atoms with Gasteiger partial charge in [-0.15, -0.1) is 0 Å². The van der Waals surface area contributed by atoms with E-state index in [1.807, 2.05) is 32.1 Å². The number of methoxy groups -OCH3 is 1. The number of hydrogen-bond acceptors (Lipinski definition) is 11. The molecule has 2 heterocycles. The Morgan fingerprint density at radius 3 is 2.47 bits per heavy atom. The van der Waals surface area contributed by atoms with Crippen LogP contribution in [-0.4, -0.2) is 93.8 Å². The van der Waals surface area contributed by atoms with E-state index in [4.69, 9.17) is 16.3 Å². The number of likely N-dealkylation sites (N-methyl/N-ethyl adjacent to an activating group) is 2. The van der Waals surface area contributed by atoms with E-state index in [1.54, 1.807) is 31.5 Å². The quantitative estimate of drug-likeness (QED) is 0.202. The third kappa shape index (κ3) is 7.95. The van der Waals surface area contributed by atoms with Gasteiger partial charge >= 0.3 is 0 Å². The second kappa shape index (κ2) is 14.1. The van der Waals surface area contributed by atoms with Gasteiger partial charge in [0.15, 0.2) is 0 Å². The van der Waals surface area contributed by atoms with Crippen LogP contribution in [0, 0.1) is 0 Å². The first kappa shape index (κ1) is 33.4. The van der Waals surface area contributed by atoms with Crippen LogP contribution < -0.4 is 24.6 Å². The van der Waals surface area contributed by atoms with Crippen molar-refractivity contribution in [3.63, 3.8) is 0 Å². The van der Waals surface area contributed by atoms with Crippen molar-refractivity contribution in [3.8, 4) is 5.75 Å². The number of benzene rings is 2. The fourth-order valence-corrected chi connectivity index (χ4v) is 5.21. The maximum absolute atomic E-state index is 12.6. The summed E-state index contributed by atoms with van der Waals surface area (Å²) in [6.07, 6.45) is 7.01. The minimum Gasteiger partial charge on any atom is -0.494 e. The predicted octanol–water partition coefficient (Wildman–Crippen LogP) is 3.93. The van der Waals surface area contributed by atoms with E-state index in [0.717, 1.165) is 18.5 Å². The molecule has 0 spiro atoms. The highest BCUT2D eigenvalue weighted by Crippen LogP contribution is 2.38. The average Bonchev–Trinajstić information content (AvgIpc) is 3.00. The number of anilines is 5. The highest BCUT2D eigenvalue weighted by atomic mass is 35.5. The molecule has 2 aromatic heterocycles. The van der Waals surface area contributed by atoms with Crippen molar-refractivity contribution in [3.05, 3.63) is 71.8 Å². The number of nitrogens with one attached hydrogen (secondary N) is 2. The minimum absolute atomic E-state index is 0.172. The maximum Gasteiger partial charge on any atom is 0.247 e. The van der Waals surface area contributed by atoms with E-state index in [9.17, 15) is 13.2 Å². The Morgan fingerprint density at radius 1 is 1.07 bits per heavy atom. The second-order valence-corrected chi connectivity index (χ2v) is 12.9. The highest BCUT2D eigenvalue weighted by molar-refractivity contribution is 7.92. The van der Waals surface area contributed by atoms with E-state index in [0.29, 0.717) is 51.6 Å². The number of carbonyl (C=O) groups is 1. The molecule has 0 aliphatic heterocycles. The van der Waals surface area contributed by atoms with E-state index in [2.05, 4.69) is 42.0 Å². The van der Waals surface area contributed by atoms with E-state index in [-0.39, 0.29) is 23.3 Å². The molecule has 15 heteroatoms. The van der Waals surface area contributed by atoms with Crippen LogP contribution in [0.25, 0.3) is 11.0 Å². The molecule has 2 aromatic carbocycles. The van der Waals surface area contributed by atoms with Crippen molar-refractivity contribution in [1.82, 2.24) is 24.8 Å². The first-order valence-electron chi connectivity index (χ1n) is 13.8. The number of rotatable bonds is 13. The lowest BCUT2D eigenvalue weighted by molar-refractivity contribution is -0.111. The zero-order valence-electron chi connectivity index (χ0n) is 26.0. The van der Waals surface area contributed by atoms with Crippen molar-refractivity contribution < 1.29 is 17.9 Å². The molecule has 1 amide bonds. The van der Waals surface area contributed by atoms with Gasteiger partial charge in [-0.2, -0.15) is 0 Å². The third-order valence-electron chi connectivity index (χ3n) is 6.99. The molecule has 0 bridgehead atoms.